The lowest BCUT2D eigenvalue weighted by atomic mass is 9.95. The molecule has 0 aliphatic carbocycles. The molecule has 0 aromatic heterocycles. The number of nitrogens with zero attached hydrogens (tertiary/aromatic N) is 1. The molecular formula is C15H21FN2. The van der Waals surface area contributed by atoms with E-state index in [4.69, 9.17) is 0 Å². The normalized spacial score (nSPS) is 24.2. The quantitative estimate of drug-likeness (QED) is 0.883. The molecule has 1 fully saturated rings. The van der Waals surface area contributed by atoms with Gasteiger partial charge in [0.2, 0.25) is 0 Å². The van der Waals surface area contributed by atoms with E-state index < -0.39 is 0 Å². The fourth-order valence-electron chi connectivity index (χ4n) is 2.66. The van der Waals surface area contributed by atoms with Gasteiger partial charge in [0.1, 0.15) is 5.82 Å². The second kappa shape index (κ2) is 5.11. The SMILES string of the molecule is C=C(Nc1ccc(F)c(C)c1)C1CN(C)CC1C. The zero-order chi connectivity index (χ0) is 13.3. The van der Waals surface area contributed by atoms with Gasteiger partial charge < -0.3 is 10.2 Å². The van der Waals surface area contributed by atoms with E-state index in [1.807, 2.05) is 6.07 Å². The highest BCUT2D eigenvalue weighted by Crippen LogP contribution is 2.28. The van der Waals surface area contributed by atoms with Crippen LogP contribution in [0.4, 0.5) is 10.1 Å². The van der Waals surface area contributed by atoms with E-state index in [-0.39, 0.29) is 5.82 Å². The standard InChI is InChI=1S/C15H21FN2/c1-10-7-13(5-6-15(10)16)17-12(3)14-9-18(4)8-11(14)2/h5-7,11,14,17H,3,8-9H2,1-2,4H3. The first kappa shape index (κ1) is 13.1. The maximum Gasteiger partial charge on any atom is 0.126 e. The number of anilines is 1. The maximum absolute atomic E-state index is 13.2. The van der Waals surface area contributed by atoms with Crippen LogP contribution < -0.4 is 5.32 Å². The molecule has 2 rings (SSSR count). The van der Waals surface area contributed by atoms with Crippen molar-refractivity contribution in [2.24, 2.45) is 11.8 Å². The van der Waals surface area contributed by atoms with Crippen LogP contribution in [0.5, 0.6) is 0 Å². The van der Waals surface area contributed by atoms with Crippen molar-refractivity contribution >= 4 is 5.69 Å². The molecule has 1 N–H and O–H groups in total. The number of likely N-dealkylation sites (tertiary alicyclic amines) is 1. The second-order valence-corrected chi connectivity index (χ2v) is 5.42. The molecule has 1 aromatic rings. The summed E-state index contributed by atoms with van der Waals surface area (Å²) >= 11 is 0. The molecule has 0 saturated carbocycles. The summed E-state index contributed by atoms with van der Waals surface area (Å²) in [4.78, 5) is 2.32. The van der Waals surface area contributed by atoms with Crippen molar-refractivity contribution in [2.45, 2.75) is 13.8 Å². The zero-order valence-corrected chi connectivity index (χ0v) is 11.3. The fraction of sp³-hybridized carbons (Fsp3) is 0.467. The van der Waals surface area contributed by atoms with Gasteiger partial charge in [0, 0.05) is 30.4 Å². The Morgan fingerprint density at radius 3 is 2.72 bits per heavy atom. The van der Waals surface area contributed by atoms with Crippen LogP contribution >= 0.6 is 0 Å². The van der Waals surface area contributed by atoms with E-state index in [0.717, 1.165) is 24.5 Å². The van der Waals surface area contributed by atoms with Crippen LogP contribution in [0.2, 0.25) is 0 Å². The van der Waals surface area contributed by atoms with Gasteiger partial charge in [-0.25, -0.2) is 4.39 Å². The van der Waals surface area contributed by atoms with Crippen LogP contribution in [0.3, 0.4) is 0 Å². The summed E-state index contributed by atoms with van der Waals surface area (Å²) in [6.45, 7) is 10.3. The fourth-order valence-corrected chi connectivity index (χ4v) is 2.66. The molecule has 98 valence electrons. The van der Waals surface area contributed by atoms with Gasteiger partial charge in [-0.1, -0.05) is 13.5 Å². The lowest BCUT2D eigenvalue weighted by molar-refractivity contribution is 0.399. The molecule has 1 aliphatic heterocycles. The topological polar surface area (TPSA) is 15.3 Å². The van der Waals surface area contributed by atoms with Crippen molar-refractivity contribution in [1.29, 1.82) is 0 Å². The Labute approximate surface area is 108 Å². The molecule has 1 aliphatic rings. The van der Waals surface area contributed by atoms with Crippen LogP contribution in [-0.4, -0.2) is 25.0 Å². The minimum atomic E-state index is -0.167. The number of hydrogen-bond donors (Lipinski definition) is 1. The van der Waals surface area contributed by atoms with Crippen molar-refractivity contribution < 1.29 is 4.39 Å². The third-order valence-corrected chi connectivity index (χ3v) is 3.71. The molecule has 1 saturated heterocycles. The number of rotatable bonds is 3. The lowest BCUT2D eigenvalue weighted by Crippen LogP contribution is -2.18. The van der Waals surface area contributed by atoms with Crippen molar-refractivity contribution in [3.8, 4) is 0 Å². The van der Waals surface area contributed by atoms with Gasteiger partial charge in [0.05, 0.1) is 0 Å². The van der Waals surface area contributed by atoms with Crippen molar-refractivity contribution in [1.82, 2.24) is 4.90 Å². The number of hydrogen-bond acceptors (Lipinski definition) is 2. The van der Waals surface area contributed by atoms with E-state index in [0.29, 0.717) is 17.4 Å². The molecule has 0 radical (unpaired) electrons. The molecule has 0 spiro atoms. The summed E-state index contributed by atoms with van der Waals surface area (Å²) in [6, 6.07) is 5.08. The Balaban J connectivity index is 2.05. The number of halogens is 1. The minimum Gasteiger partial charge on any atom is -0.359 e. The molecule has 0 amide bonds. The molecular weight excluding hydrogens is 227 g/mol. The Morgan fingerprint density at radius 2 is 2.17 bits per heavy atom. The summed E-state index contributed by atoms with van der Waals surface area (Å²) in [7, 11) is 2.13. The van der Waals surface area contributed by atoms with Crippen molar-refractivity contribution in [3.05, 3.63) is 41.9 Å². The summed E-state index contributed by atoms with van der Waals surface area (Å²) < 4.78 is 13.2. The summed E-state index contributed by atoms with van der Waals surface area (Å²) in [6.07, 6.45) is 0. The molecule has 3 heteroatoms. The van der Waals surface area contributed by atoms with Gasteiger partial charge in [-0.05, 0) is 43.7 Å². The van der Waals surface area contributed by atoms with E-state index in [1.54, 1.807) is 13.0 Å². The highest BCUT2D eigenvalue weighted by Gasteiger charge is 2.29. The molecule has 1 heterocycles. The van der Waals surface area contributed by atoms with E-state index in [1.165, 1.54) is 6.07 Å². The third kappa shape index (κ3) is 2.72. The first-order chi connectivity index (χ1) is 8.47. The lowest BCUT2D eigenvalue weighted by Gasteiger charge is -2.19. The monoisotopic (exact) mass is 248 g/mol. The smallest absolute Gasteiger partial charge is 0.126 e. The molecule has 1 aromatic carbocycles. The van der Waals surface area contributed by atoms with Crippen LogP contribution in [0.1, 0.15) is 12.5 Å². The number of nitrogens with one attached hydrogen (secondary N) is 1. The molecule has 2 nitrogen and oxygen atoms in total. The largest absolute Gasteiger partial charge is 0.359 e. The van der Waals surface area contributed by atoms with Gasteiger partial charge in [0.25, 0.3) is 0 Å². The first-order valence-corrected chi connectivity index (χ1v) is 6.38. The molecule has 2 unspecified atom stereocenters. The summed E-state index contributed by atoms with van der Waals surface area (Å²) in [5.74, 6) is 0.900. The van der Waals surface area contributed by atoms with Crippen LogP contribution in [0.25, 0.3) is 0 Å². The second-order valence-electron chi connectivity index (χ2n) is 5.42. The van der Waals surface area contributed by atoms with Crippen LogP contribution in [0, 0.1) is 24.6 Å². The minimum absolute atomic E-state index is 0.167. The average Bonchev–Trinajstić information content (AvgIpc) is 2.63. The van der Waals surface area contributed by atoms with E-state index in [9.17, 15) is 4.39 Å². The van der Waals surface area contributed by atoms with Crippen molar-refractivity contribution in [2.75, 3.05) is 25.5 Å². The number of benzene rings is 1. The van der Waals surface area contributed by atoms with E-state index >= 15 is 0 Å². The molecule has 2 atom stereocenters. The van der Waals surface area contributed by atoms with Gasteiger partial charge in [-0.15, -0.1) is 0 Å². The summed E-state index contributed by atoms with van der Waals surface area (Å²) in [5, 5.41) is 3.32. The van der Waals surface area contributed by atoms with Gasteiger partial charge >= 0.3 is 0 Å². The van der Waals surface area contributed by atoms with Crippen LogP contribution in [-0.2, 0) is 0 Å². The first-order valence-electron chi connectivity index (χ1n) is 6.38. The predicted molar refractivity (Wildman–Crippen MR) is 74.1 cm³/mol. The van der Waals surface area contributed by atoms with Gasteiger partial charge in [-0.3, -0.25) is 0 Å². The Morgan fingerprint density at radius 1 is 1.44 bits per heavy atom. The third-order valence-electron chi connectivity index (χ3n) is 3.71. The highest BCUT2D eigenvalue weighted by molar-refractivity contribution is 5.50. The Hall–Kier alpha value is -1.35. The number of aryl methyl sites for hydroxylation is 1. The maximum atomic E-state index is 13.2. The molecule has 18 heavy (non-hydrogen) atoms. The highest BCUT2D eigenvalue weighted by atomic mass is 19.1. The van der Waals surface area contributed by atoms with Gasteiger partial charge in [-0.2, -0.15) is 0 Å². The zero-order valence-electron chi connectivity index (χ0n) is 11.3. The molecule has 0 bridgehead atoms. The Bertz CT molecular complexity index is 456. The van der Waals surface area contributed by atoms with Gasteiger partial charge in [0.15, 0.2) is 0 Å². The van der Waals surface area contributed by atoms with Crippen LogP contribution in [0.15, 0.2) is 30.5 Å². The Kier molecular flexibility index (Phi) is 3.71. The summed E-state index contributed by atoms with van der Waals surface area (Å²) in [5.41, 5.74) is 2.60. The van der Waals surface area contributed by atoms with Crippen molar-refractivity contribution in [3.63, 3.8) is 0 Å². The van der Waals surface area contributed by atoms with E-state index in [2.05, 4.69) is 30.8 Å². The predicted octanol–water partition coefficient (Wildman–Crippen LogP) is 3.26. The average molecular weight is 248 g/mol.